The molecule has 0 radical (unpaired) electrons. The Morgan fingerprint density at radius 1 is 1.24 bits per heavy atom. The van der Waals surface area contributed by atoms with Gasteiger partial charge in [0.2, 0.25) is 0 Å². The average Bonchev–Trinajstić information content (AvgIpc) is 2.90. The summed E-state index contributed by atoms with van der Waals surface area (Å²) < 4.78 is 0. The third kappa shape index (κ3) is 2.87. The molecule has 1 atom stereocenters. The van der Waals surface area contributed by atoms with Crippen molar-refractivity contribution in [2.75, 3.05) is 0 Å². The van der Waals surface area contributed by atoms with E-state index in [2.05, 4.69) is 30.3 Å². The van der Waals surface area contributed by atoms with Gasteiger partial charge in [-0.1, -0.05) is 37.1 Å². The van der Waals surface area contributed by atoms with Gasteiger partial charge < -0.3 is 5.73 Å². The molecule has 2 heteroatoms. The van der Waals surface area contributed by atoms with Crippen LogP contribution in [0.5, 0.6) is 0 Å². The Morgan fingerprint density at radius 2 is 1.88 bits per heavy atom. The number of hydrogen-bond acceptors (Lipinski definition) is 2. The van der Waals surface area contributed by atoms with Gasteiger partial charge in [0.05, 0.1) is 6.07 Å². The molecule has 0 bridgehead atoms. The second-order valence-corrected chi connectivity index (χ2v) is 4.96. The minimum absolute atomic E-state index is 0.425. The van der Waals surface area contributed by atoms with E-state index in [1.807, 2.05) is 0 Å². The van der Waals surface area contributed by atoms with Crippen molar-refractivity contribution in [1.82, 2.24) is 0 Å². The molecule has 1 saturated carbocycles. The van der Waals surface area contributed by atoms with Crippen LogP contribution in [-0.4, -0.2) is 0 Å². The maximum atomic E-state index is 8.99. The molecule has 0 aliphatic heterocycles. The van der Waals surface area contributed by atoms with Crippen LogP contribution < -0.4 is 5.73 Å². The normalized spacial score (nSPS) is 17.9. The standard InChI is InChI=1S/C15H20N2/c16-10-9-15(13-3-1-2-4-13)14-7-5-12(11-17)6-8-14/h5-8,13,15H,1-4,9,11,17H2. The number of nitrogens with two attached hydrogens (primary N) is 1. The number of nitriles is 1. The number of hydrogen-bond donors (Lipinski definition) is 1. The average molecular weight is 228 g/mol. The summed E-state index contributed by atoms with van der Waals surface area (Å²) >= 11 is 0. The van der Waals surface area contributed by atoms with Gasteiger partial charge in [-0.3, -0.25) is 0 Å². The highest BCUT2D eigenvalue weighted by Gasteiger charge is 2.25. The topological polar surface area (TPSA) is 49.8 Å². The third-order valence-corrected chi connectivity index (χ3v) is 3.92. The molecule has 0 aromatic heterocycles. The fourth-order valence-electron chi connectivity index (χ4n) is 2.92. The van der Waals surface area contributed by atoms with E-state index in [0.29, 0.717) is 24.8 Å². The van der Waals surface area contributed by atoms with Crippen molar-refractivity contribution >= 4 is 0 Å². The van der Waals surface area contributed by atoms with Crippen LogP contribution in [-0.2, 0) is 6.54 Å². The summed E-state index contributed by atoms with van der Waals surface area (Å²) in [7, 11) is 0. The molecule has 0 heterocycles. The van der Waals surface area contributed by atoms with Crippen molar-refractivity contribution in [3.63, 3.8) is 0 Å². The molecular formula is C15H20N2. The molecule has 1 aliphatic rings. The monoisotopic (exact) mass is 228 g/mol. The molecule has 1 aromatic carbocycles. The van der Waals surface area contributed by atoms with Crippen molar-refractivity contribution < 1.29 is 0 Å². The van der Waals surface area contributed by atoms with Crippen LogP contribution in [0.15, 0.2) is 24.3 Å². The minimum Gasteiger partial charge on any atom is -0.326 e. The Kier molecular flexibility index (Phi) is 4.17. The van der Waals surface area contributed by atoms with Gasteiger partial charge in [0.15, 0.2) is 0 Å². The molecule has 1 unspecified atom stereocenters. The van der Waals surface area contributed by atoms with Gasteiger partial charge in [0.1, 0.15) is 0 Å². The lowest BCUT2D eigenvalue weighted by molar-refractivity contribution is 0.439. The second-order valence-electron chi connectivity index (χ2n) is 4.96. The van der Waals surface area contributed by atoms with Crippen LogP contribution in [0.3, 0.4) is 0 Å². The van der Waals surface area contributed by atoms with Crippen molar-refractivity contribution in [2.45, 2.75) is 44.6 Å². The van der Waals surface area contributed by atoms with E-state index in [-0.39, 0.29) is 0 Å². The second kappa shape index (κ2) is 5.84. The lowest BCUT2D eigenvalue weighted by atomic mass is 9.82. The smallest absolute Gasteiger partial charge is 0.0628 e. The molecule has 1 fully saturated rings. The van der Waals surface area contributed by atoms with Crippen molar-refractivity contribution in [3.05, 3.63) is 35.4 Å². The zero-order valence-electron chi connectivity index (χ0n) is 10.2. The summed E-state index contributed by atoms with van der Waals surface area (Å²) in [6.07, 6.45) is 5.86. The van der Waals surface area contributed by atoms with Gasteiger partial charge in [-0.05, 0) is 35.8 Å². The first kappa shape index (κ1) is 12.1. The van der Waals surface area contributed by atoms with Gasteiger partial charge >= 0.3 is 0 Å². The first-order chi connectivity index (χ1) is 8.35. The van der Waals surface area contributed by atoms with E-state index >= 15 is 0 Å². The lowest BCUT2D eigenvalue weighted by Crippen LogP contribution is -2.09. The third-order valence-electron chi connectivity index (χ3n) is 3.92. The Morgan fingerprint density at radius 3 is 2.41 bits per heavy atom. The van der Waals surface area contributed by atoms with E-state index in [1.165, 1.54) is 31.2 Å². The molecule has 2 N–H and O–H groups in total. The fourth-order valence-corrected chi connectivity index (χ4v) is 2.92. The van der Waals surface area contributed by atoms with Gasteiger partial charge in [-0.15, -0.1) is 0 Å². The van der Waals surface area contributed by atoms with E-state index in [9.17, 15) is 0 Å². The van der Waals surface area contributed by atoms with Crippen molar-refractivity contribution in [3.8, 4) is 6.07 Å². The quantitative estimate of drug-likeness (QED) is 0.859. The van der Waals surface area contributed by atoms with Crippen molar-refractivity contribution in [1.29, 1.82) is 5.26 Å². The van der Waals surface area contributed by atoms with E-state index in [1.54, 1.807) is 0 Å². The van der Waals surface area contributed by atoms with Crippen molar-refractivity contribution in [2.24, 2.45) is 11.7 Å². The van der Waals surface area contributed by atoms with Crippen LogP contribution in [0.25, 0.3) is 0 Å². The fraction of sp³-hybridized carbons (Fsp3) is 0.533. The maximum absolute atomic E-state index is 8.99. The molecule has 2 rings (SSSR count). The predicted molar refractivity (Wildman–Crippen MR) is 69.3 cm³/mol. The van der Waals surface area contributed by atoms with Crippen LogP contribution in [0, 0.1) is 17.2 Å². The number of benzene rings is 1. The first-order valence-electron chi connectivity index (χ1n) is 6.51. The van der Waals surface area contributed by atoms with Gasteiger partial charge in [-0.25, -0.2) is 0 Å². The highest BCUT2D eigenvalue weighted by Crippen LogP contribution is 2.39. The molecule has 0 saturated heterocycles. The summed E-state index contributed by atoms with van der Waals surface area (Å²) in [4.78, 5) is 0. The summed E-state index contributed by atoms with van der Waals surface area (Å²) in [6.45, 7) is 0.590. The molecule has 2 nitrogen and oxygen atoms in total. The largest absolute Gasteiger partial charge is 0.326 e. The Bertz CT molecular complexity index is 382. The van der Waals surface area contributed by atoms with Crippen LogP contribution >= 0.6 is 0 Å². The Balaban J connectivity index is 2.16. The van der Waals surface area contributed by atoms with E-state index < -0.39 is 0 Å². The van der Waals surface area contributed by atoms with Gasteiger partial charge in [-0.2, -0.15) is 5.26 Å². The van der Waals surface area contributed by atoms with Crippen LogP contribution in [0.4, 0.5) is 0 Å². The summed E-state index contributed by atoms with van der Waals surface area (Å²) in [6, 6.07) is 10.8. The molecule has 1 aliphatic carbocycles. The summed E-state index contributed by atoms with van der Waals surface area (Å²) in [5.41, 5.74) is 8.08. The number of nitrogens with zero attached hydrogens (tertiary/aromatic N) is 1. The lowest BCUT2D eigenvalue weighted by Gasteiger charge is -2.21. The van der Waals surface area contributed by atoms with Crippen LogP contribution in [0.2, 0.25) is 0 Å². The van der Waals surface area contributed by atoms with E-state index in [4.69, 9.17) is 11.0 Å². The minimum atomic E-state index is 0.425. The molecular weight excluding hydrogens is 208 g/mol. The predicted octanol–water partition coefficient (Wildman–Crippen LogP) is 3.33. The SMILES string of the molecule is N#CCC(c1ccc(CN)cc1)C1CCCC1. The first-order valence-corrected chi connectivity index (χ1v) is 6.51. The molecule has 90 valence electrons. The molecule has 0 spiro atoms. The van der Waals surface area contributed by atoms with Crippen LogP contribution in [0.1, 0.15) is 49.1 Å². The molecule has 1 aromatic rings. The number of rotatable bonds is 4. The zero-order chi connectivity index (χ0) is 12.1. The highest BCUT2D eigenvalue weighted by molar-refractivity contribution is 5.26. The Hall–Kier alpha value is -1.33. The summed E-state index contributed by atoms with van der Waals surface area (Å²) in [5, 5.41) is 8.99. The summed E-state index contributed by atoms with van der Waals surface area (Å²) in [5.74, 6) is 1.13. The molecule has 0 amide bonds. The zero-order valence-corrected chi connectivity index (χ0v) is 10.2. The maximum Gasteiger partial charge on any atom is 0.0628 e. The van der Waals surface area contributed by atoms with Gasteiger partial charge in [0, 0.05) is 13.0 Å². The van der Waals surface area contributed by atoms with E-state index in [0.717, 1.165) is 5.56 Å². The van der Waals surface area contributed by atoms with Gasteiger partial charge in [0.25, 0.3) is 0 Å². The Labute approximate surface area is 103 Å². The molecule has 17 heavy (non-hydrogen) atoms. The highest BCUT2D eigenvalue weighted by atomic mass is 14.5.